The van der Waals surface area contributed by atoms with Gasteiger partial charge in [-0.15, -0.1) is 11.3 Å². The highest BCUT2D eigenvalue weighted by molar-refractivity contribution is 7.19. The molecule has 0 aliphatic heterocycles. The van der Waals surface area contributed by atoms with Crippen LogP contribution in [0.3, 0.4) is 0 Å². The summed E-state index contributed by atoms with van der Waals surface area (Å²) in [6.45, 7) is 3.83. The molecule has 4 nitrogen and oxygen atoms in total. The lowest BCUT2D eigenvalue weighted by atomic mass is 9.96. The van der Waals surface area contributed by atoms with Crippen LogP contribution < -0.4 is 5.73 Å². The largest absolute Gasteiger partial charge is 0.396 e. The second kappa shape index (κ2) is 5.82. The quantitative estimate of drug-likeness (QED) is 0.744. The molecule has 3 aromatic rings. The minimum Gasteiger partial charge on any atom is -0.396 e. The van der Waals surface area contributed by atoms with Crippen molar-refractivity contribution >= 4 is 33.0 Å². The highest BCUT2D eigenvalue weighted by Gasteiger charge is 2.19. The lowest BCUT2D eigenvalue weighted by molar-refractivity contribution is 0.0992. The number of ketones is 1. The van der Waals surface area contributed by atoms with Crippen molar-refractivity contribution in [2.75, 3.05) is 5.73 Å². The summed E-state index contributed by atoms with van der Waals surface area (Å²) in [4.78, 5) is 18.3. The van der Waals surface area contributed by atoms with Gasteiger partial charge in [0.2, 0.25) is 0 Å². The standard InChI is InChI=1S/C18H15N3OS/c1-10-13(8-14(22)12-6-4-3-5-7-12)11(2)21-18-16(10)17(20)15(9-19)23-18/h3-7H,8,20H2,1-2H3. The van der Waals surface area contributed by atoms with Crippen molar-refractivity contribution in [2.24, 2.45) is 0 Å². The van der Waals surface area contributed by atoms with Gasteiger partial charge in [0.25, 0.3) is 0 Å². The molecular formula is C18H15N3OS. The molecule has 0 aliphatic rings. The number of aromatic nitrogens is 1. The number of hydrogen-bond acceptors (Lipinski definition) is 5. The minimum absolute atomic E-state index is 0.0484. The Labute approximate surface area is 138 Å². The SMILES string of the molecule is Cc1nc2sc(C#N)c(N)c2c(C)c1CC(=O)c1ccccc1. The summed E-state index contributed by atoms with van der Waals surface area (Å²) in [6, 6.07) is 11.3. The van der Waals surface area contributed by atoms with Crippen LogP contribution in [0.1, 0.15) is 32.1 Å². The number of aryl methyl sites for hydroxylation is 2. The van der Waals surface area contributed by atoms with Crippen LogP contribution in [0.4, 0.5) is 5.69 Å². The monoisotopic (exact) mass is 321 g/mol. The van der Waals surface area contributed by atoms with Crippen molar-refractivity contribution in [2.45, 2.75) is 20.3 Å². The van der Waals surface area contributed by atoms with Crippen LogP contribution in [0, 0.1) is 25.2 Å². The average Bonchev–Trinajstić information content (AvgIpc) is 2.87. The van der Waals surface area contributed by atoms with Gasteiger partial charge in [-0.3, -0.25) is 4.79 Å². The molecule has 3 rings (SSSR count). The molecule has 2 N–H and O–H groups in total. The van der Waals surface area contributed by atoms with Gasteiger partial charge in [0.15, 0.2) is 5.78 Å². The molecule has 114 valence electrons. The molecule has 0 amide bonds. The smallest absolute Gasteiger partial charge is 0.167 e. The van der Waals surface area contributed by atoms with Crippen molar-refractivity contribution in [3.05, 3.63) is 57.6 Å². The fourth-order valence-corrected chi connectivity index (χ4v) is 3.74. The number of pyridine rings is 1. The van der Waals surface area contributed by atoms with Crippen LogP contribution in [-0.4, -0.2) is 10.8 Å². The number of carbonyl (C=O) groups is 1. The zero-order valence-electron chi connectivity index (χ0n) is 12.9. The number of benzene rings is 1. The highest BCUT2D eigenvalue weighted by Crippen LogP contribution is 2.36. The molecule has 1 aromatic carbocycles. The number of fused-ring (bicyclic) bond motifs is 1. The number of anilines is 1. The molecule has 0 radical (unpaired) electrons. The van der Waals surface area contributed by atoms with Crippen LogP contribution >= 0.6 is 11.3 Å². The molecule has 0 atom stereocenters. The number of nitrogens with two attached hydrogens (primary N) is 1. The number of Topliss-reactive ketones (excluding diaryl/α,β-unsaturated/α-hetero) is 1. The van der Waals surface area contributed by atoms with Gasteiger partial charge < -0.3 is 5.73 Å². The first-order valence-corrected chi connectivity index (χ1v) is 8.01. The molecule has 0 fully saturated rings. The van der Waals surface area contributed by atoms with Crippen LogP contribution in [0.15, 0.2) is 30.3 Å². The maximum atomic E-state index is 12.5. The number of carbonyl (C=O) groups excluding carboxylic acids is 1. The Morgan fingerprint density at radius 1 is 1.30 bits per heavy atom. The Hall–Kier alpha value is -2.71. The van der Waals surface area contributed by atoms with Crippen LogP contribution in [0.2, 0.25) is 0 Å². The van der Waals surface area contributed by atoms with E-state index in [1.54, 1.807) is 0 Å². The zero-order chi connectivity index (χ0) is 16.6. The van der Waals surface area contributed by atoms with Crippen LogP contribution in [0.25, 0.3) is 10.2 Å². The van der Waals surface area contributed by atoms with Crippen molar-refractivity contribution in [1.82, 2.24) is 4.98 Å². The average molecular weight is 321 g/mol. The van der Waals surface area contributed by atoms with Gasteiger partial charge in [0, 0.05) is 23.1 Å². The number of nitrogens with zero attached hydrogens (tertiary/aromatic N) is 2. The number of rotatable bonds is 3. The van der Waals surface area contributed by atoms with Crippen molar-refractivity contribution in [3.63, 3.8) is 0 Å². The predicted octanol–water partition coefficient (Wildman–Crippen LogP) is 3.79. The molecule has 0 saturated heterocycles. The number of hydrogen-bond donors (Lipinski definition) is 1. The molecule has 23 heavy (non-hydrogen) atoms. The van der Waals surface area contributed by atoms with E-state index in [1.165, 1.54) is 11.3 Å². The molecule has 2 heterocycles. The van der Waals surface area contributed by atoms with Crippen molar-refractivity contribution < 1.29 is 4.79 Å². The van der Waals surface area contributed by atoms with Crippen molar-refractivity contribution in [1.29, 1.82) is 5.26 Å². The molecule has 0 spiro atoms. The Morgan fingerprint density at radius 2 is 2.00 bits per heavy atom. The Balaban J connectivity index is 2.10. The third kappa shape index (κ3) is 2.58. The van der Waals surface area contributed by atoms with E-state index in [4.69, 9.17) is 11.0 Å². The second-order valence-corrected chi connectivity index (χ2v) is 6.40. The summed E-state index contributed by atoms with van der Waals surface area (Å²) in [5.41, 5.74) is 9.86. The zero-order valence-corrected chi connectivity index (χ0v) is 13.7. The first-order chi connectivity index (χ1) is 11.0. The summed E-state index contributed by atoms with van der Waals surface area (Å²) in [5, 5.41) is 9.94. The summed E-state index contributed by atoms with van der Waals surface area (Å²) >= 11 is 1.29. The van der Waals surface area contributed by atoms with Gasteiger partial charge >= 0.3 is 0 Å². The lowest BCUT2D eigenvalue weighted by Gasteiger charge is -2.10. The third-order valence-electron chi connectivity index (χ3n) is 3.99. The normalized spacial score (nSPS) is 10.7. The van der Waals surface area contributed by atoms with Gasteiger partial charge in [-0.25, -0.2) is 4.98 Å². The Morgan fingerprint density at radius 3 is 2.65 bits per heavy atom. The number of nitrogen functional groups attached to an aromatic ring is 1. The van der Waals surface area contributed by atoms with E-state index in [-0.39, 0.29) is 12.2 Å². The minimum atomic E-state index is 0.0484. The van der Waals surface area contributed by atoms with Crippen LogP contribution in [0.5, 0.6) is 0 Å². The molecule has 5 heteroatoms. The lowest BCUT2D eigenvalue weighted by Crippen LogP contribution is -2.08. The highest BCUT2D eigenvalue weighted by atomic mass is 32.1. The van der Waals surface area contributed by atoms with E-state index in [2.05, 4.69) is 11.1 Å². The second-order valence-electron chi connectivity index (χ2n) is 5.40. The van der Waals surface area contributed by atoms with Crippen LogP contribution in [-0.2, 0) is 6.42 Å². The summed E-state index contributed by atoms with van der Waals surface area (Å²) < 4.78 is 0. The van der Waals surface area contributed by atoms with Crippen molar-refractivity contribution in [3.8, 4) is 6.07 Å². The Bertz CT molecular complexity index is 952. The van der Waals surface area contributed by atoms with E-state index in [0.29, 0.717) is 16.1 Å². The van der Waals surface area contributed by atoms with Gasteiger partial charge in [0.05, 0.1) is 5.69 Å². The van der Waals surface area contributed by atoms with E-state index >= 15 is 0 Å². The number of thiophene rings is 1. The van der Waals surface area contributed by atoms with Gasteiger partial charge in [-0.05, 0) is 25.0 Å². The van der Waals surface area contributed by atoms with E-state index < -0.39 is 0 Å². The maximum absolute atomic E-state index is 12.5. The molecule has 0 aliphatic carbocycles. The predicted molar refractivity (Wildman–Crippen MR) is 92.7 cm³/mol. The first-order valence-electron chi connectivity index (χ1n) is 7.19. The third-order valence-corrected chi connectivity index (χ3v) is 5.00. The number of nitriles is 1. The first kappa shape index (κ1) is 15.2. The maximum Gasteiger partial charge on any atom is 0.167 e. The molecular weight excluding hydrogens is 306 g/mol. The summed E-state index contributed by atoms with van der Waals surface area (Å²) in [7, 11) is 0. The van der Waals surface area contributed by atoms with E-state index in [9.17, 15) is 4.79 Å². The Kier molecular flexibility index (Phi) is 3.85. The molecule has 0 bridgehead atoms. The summed E-state index contributed by atoms with van der Waals surface area (Å²) in [5.74, 6) is 0.0484. The van der Waals surface area contributed by atoms with Gasteiger partial charge in [0.1, 0.15) is 15.8 Å². The molecule has 0 unspecified atom stereocenters. The van der Waals surface area contributed by atoms with Gasteiger partial charge in [-0.2, -0.15) is 5.26 Å². The fraction of sp³-hybridized carbons (Fsp3) is 0.167. The fourth-order valence-electron chi connectivity index (χ4n) is 2.74. The molecule has 2 aromatic heterocycles. The van der Waals surface area contributed by atoms with E-state index in [0.717, 1.165) is 27.0 Å². The molecule has 0 saturated carbocycles. The topological polar surface area (TPSA) is 79.8 Å². The van der Waals surface area contributed by atoms with Gasteiger partial charge in [-0.1, -0.05) is 30.3 Å². The summed E-state index contributed by atoms with van der Waals surface area (Å²) in [6.07, 6.45) is 0.280. The van der Waals surface area contributed by atoms with E-state index in [1.807, 2.05) is 44.2 Å².